The lowest BCUT2D eigenvalue weighted by Gasteiger charge is -2.26. The molecule has 2 aromatic rings. The fourth-order valence-electron chi connectivity index (χ4n) is 2.18. The minimum absolute atomic E-state index is 1.04. The van der Waals surface area contributed by atoms with Gasteiger partial charge < -0.3 is 4.90 Å². The molecule has 1 aliphatic heterocycles. The van der Waals surface area contributed by atoms with Crippen LogP contribution in [0.4, 0.5) is 10.7 Å². The van der Waals surface area contributed by atoms with E-state index in [1.807, 2.05) is 40.7 Å². The summed E-state index contributed by atoms with van der Waals surface area (Å²) in [4.78, 5) is 7.15. The molecule has 2 nitrogen and oxygen atoms in total. The number of benzene rings is 1. The second kappa shape index (κ2) is 5.67. The molecule has 0 bridgehead atoms. The summed E-state index contributed by atoms with van der Waals surface area (Å²) < 4.78 is 1.12. The summed E-state index contributed by atoms with van der Waals surface area (Å²) >= 11 is 0. The van der Waals surface area contributed by atoms with Crippen LogP contribution >= 0.6 is 20.7 Å². The Hall–Kier alpha value is -1.13. The Morgan fingerprint density at radius 1 is 0.944 bits per heavy atom. The molecule has 3 rings (SSSR count). The molecule has 4 heteroatoms. The largest absolute Gasteiger partial charge is 0.363 e. The molecule has 0 radical (unpaired) electrons. The standard InChI is InChI=1S/C14H16N2S2/c1-3-7-12(8-4-1)15-13-11-14(18-17-13)16-9-5-2-6-10-16/h1,3-4,7-8,11H,2,5-6,9-10H2. The smallest absolute Gasteiger partial charge is 0.129 e. The van der Waals surface area contributed by atoms with E-state index >= 15 is 0 Å². The number of rotatable bonds is 2. The van der Waals surface area contributed by atoms with Crippen molar-refractivity contribution in [1.29, 1.82) is 0 Å². The van der Waals surface area contributed by atoms with Crippen molar-refractivity contribution in [3.63, 3.8) is 0 Å². The zero-order valence-electron chi connectivity index (χ0n) is 10.2. The van der Waals surface area contributed by atoms with Crippen LogP contribution < -0.4 is 9.57 Å². The molecule has 1 aromatic carbocycles. The summed E-state index contributed by atoms with van der Waals surface area (Å²) in [6.07, 6.45) is 4.04. The summed E-state index contributed by atoms with van der Waals surface area (Å²) in [5.41, 5.74) is 1.04. The van der Waals surface area contributed by atoms with Crippen molar-refractivity contribution in [2.45, 2.75) is 19.3 Å². The maximum Gasteiger partial charge on any atom is 0.129 e. The van der Waals surface area contributed by atoms with Gasteiger partial charge in [0.1, 0.15) is 9.67 Å². The Kier molecular flexibility index (Phi) is 3.76. The molecule has 0 amide bonds. The molecule has 1 aliphatic rings. The van der Waals surface area contributed by atoms with Gasteiger partial charge >= 0.3 is 0 Å². The SMILES string of the molecule is c1ccc(N=c2cc(N3CCCCC3)ss2)cc1. The highest BCUT2D eigenvalue weighted by Crippen LogP contribution is 2.25. The van der Waals surface area contributed by atoms with E-state index in [-0.39, 0.29) is 0 Å². The Labute approximate surface area is 115 Å². The molecule has 0 saturated carbocycles. The third-order valence-electron chi connectivity index (χ3n) is 3.12. The second-order valence-corrected chi connectivity index (χ2v) is 6.65. The quantitative estimate of drug-likeness (QED) is 0.756. The van der Waals surface area contributed by atoms with Crippen LogP contribution in [0.5, 0.6) is 0 Å². The Balaban J connectivity index is 1.83. The second-order valence-electron chi connectivity index (χ2n) is 4.48. The van der Waals surface area contributed by atoms with E-state index in [0.29, 0.717) is 0 Å². The first-order valence-electron chi connectivity index (χ1n) is 6.37. The fraction of sp³-hybridized carbons (Fsp3) is 0.357. The van der Waals surface area contributed by atoms with Crippen LogP contribution in [0.2, 0.25) is 0 Å². The maximum atomic E-state index is 4.66. The van der Waals surface area contributed by atoms with Gasteiger partial charge in [-0.15, -0.1) is 0 Å². The molecule has 0 atom stereocenters. The molecule has 0 spiro atoms. The number of nitrogens with zero attached hydrogens (tertiary/aromatic N) is 2. The van der Waals surface area contributed by atoms with Crippen molar-refractivity contribution in [3.8, 4) is 0 Å². The van der Waals surface area contributed by atoms with E-state index in [0.717, 1.165) is 10.4 Å². The zero-order chi connectivity index (χ0) is 12.2. The topological polar surface area (TPSA) is 15.6 Å². The summed E-state index contributed by atoms with van der Waals surface area (Å²) in [5.74, 6) is 0. The van der Waals surface area contributed by atoms with Crippen LogP contribution in [0, 0.1) is 0 Å². The van der Waals surface area contributed by atoms with E-state index in [2.05, 4.69) is 16.0 Å². The molecule has 0 unspecified atom stereocenters. The van der Waals surface area contributed by atoms with Crippen LogP contribution in [0.15, 0.2) is 41.4 Å². The van der Waals surface area contributed by atoms with Crippen molar-refractivity contribution >= 4 is 31.4 Å². The maximum absolute atomic E-state index is 4.66. The van der Waals surface area contributed by atoms with Crippen molar-refractivity contribution in [2.75, 3.05) is 18.0 Å². The van der Waals surface area contributed by atoms with Gasteiger partial charge in [0, 0.05) is 19.2 Å². The predicted octanol–water partition coefficient (Wildman–Crippen LogP) is 4.03. The van der Waals surface area contributed by atoms with Gasteiger partial charge in [0.15, 0.2) is 0 Å². The van der Waals surface area contributed by atoms with Gasteiger partial charge in [0.2, 0.25) is 0 Å². The summed E-state index contributed by atoms with van der Waals surface area (Å²) in [5, 5.41) is 1.38. The monoisotopic (exact) mass is 276 g/mol. The number of piperidine rings is 1. The van der Waals surface area contributed by atoms with E-state index in [9.17, 15) is 0 Å². The first-order valence-corrected chi connectivity index (χ1v) is 8.52. The van der Waals surface area contributed by atoms with Crippen LogP contribution in [-0.4, -0.2) is 13.1 Å². The van der Waals surface area contributed by atoms with Gasteiger partial charge in [0.25, 0.3) is 0 Å². The van der Waals surface area contributed by atoms with E-state index in [1.165, 1.54) is 37.4 Å². The normalized spacial score (nSPS) is 17.1. The number of hydrogen-bond acceptors (Lipinski definition) is 4. The average molecular weight is 276 g/mol. The van der Waals surface area contributed by atoms with E-state index in [4.69, 9.17) is 0 Å². The first-order chi connectivity index (χ1) is 8.92. The third kappa shape index (κ3) is 2.82. The van der Waals surface area contributed by atoms with Gasteiger partial charge in [-0.1, -0.05) is 38.9 Å². The molecule has 1 fully saturated rings. The summed E-state index contributed by atoms with van der Waals surface area (Å²) in [6, 6.07) is 12.4. The Bertz CT molecular complexity index is 550. The summed E-state index contributed by atoms with van der Waals surface area (Å²) in [6.45, 7) is 2.41. The van der Waals surface area contributed by atoms with Gasteiger partial charge in [-0.25, -0.2) is 4.99 Å². The molecule has 0 aliphatic carbocycles. The lowest BCUT2D eigenvalue weighted by molar-refractivity contribution is 0.580. The van der Waals surface area contributed by atoms with Crippen molar-refractivity contribution in [2.24, 2.45) is 4.99 Å². The predicted molar refractivity (Wildman–Crippen MR) is 79.9 cm³/mol. The number of para-hydroxylation sites is 1. The number of hydrogen-bond donors (Lipinski definition) is 0. The van der Waals surface area contributed by atoms with Crippen LogP contribution in [0.25, 0.3) is 0 Å². The Morgan fingerprint density at radius 3 is 2.50 bits per heavy atom. The van der Waals surface area contributed by atoms with Crippen LogP contribution in [0.3, 0.4) is 0 Å². The van der Waals surface area contributed by atoms with Crippen molar-refractivity contribution in [1.82, 2.24) is 0 Å². The highest BCUT2D eigenvalue weighted by molar-refractivity contribution is 7.70. The van der Waals surface area contributed by atoms with E-state index < -0.39 is 0 Å². The lowest BCUT2D eigenvalue weighted by atomic mass is 10.1. The summed E-state index contributed by atoms with van der Waals surface area (Å²) in [7, 11) is 3.62. The molecule has 18 heavy (non-hydrogen) atoms. The van der Waals surface area contributed by atoms with Gasteiger partial charge in [-0.3, -0.25) is 0 Å². The molecular formula is C14H16N2S2. The molecule has 2 heterocycles. The number of anilines is 1. The molecule has 1 saturated heterocycles. The highest BCUT2D eigenvalue weighted by Gasteiger charge is 2.12. The fourth-order valence-corrected chi connectivity index (χ4v) is 4.40. The Morgan fingerprint density at radius 2 is 1.72 bits per heavy atom. The van der Waals surface area contributed by atoms with Crippen molar-refractivity contribution in [3.05, 3.63) is 41.1 Å². The first kappa shape index (κ1) is 11.9. The molecule has 1 aromatic heterocycles. The minimum atomic E-state index is 1.04. The highest BCUT2D eigenvalue weighted by atomic mass is 32.9. The van der Waals surface area contributed by atoms with Crippen LogP contribution in [-0.2, 0) is 0 Å². The minimum Gasteiger partial charge on any atom is -0.363 e. The van der Waals surface area contributed by atoms with Crippen molar-refractivity contribution < 1.29 is 0 Å². The van der Waals surface area contributed by atoms with Gasteiger partial charge in [-0.2, -0.15) is 0 Å². The van der Waals surface area contributed by atoms with Crippen LogP contribution in [0.1, 0.15) is 19.3 Å². The van der Waals surface area contributed by atoms with E-state index in [1.54, 1.807) is 10.3 Å². The zero-order valence-corrected chi connectivity index (χ0v) is 11.8. The average Bonchev–Trinajstić information content (AvgIpc) is 2.89. The van der Waals surface area contributed by atoms with Gasteiger partial charge in [0.05, 0.1) is 5.69 Å². The van der Waals surface area contributed by atoms with Gasteiger partial charge in [-0.05, 0) is 31.4 Å². The third-order valence-corrected chi connectivity index (χ3v) is 5.41. The lowest BCUT2D eigenvalue weighted by Crippen LogP contribution is -2.28. The molecule has 94 valence electrons. The molecule has 0 N–H and O–H groups in total. The molecular weight excluding hydrogens is 260 g/mol.